The first-order valence-electron chi connectivity index (χ1n) is 7.61. The Morgan fingerprint density at radius 3 is 2.67 bits per heavy atom. The summed E-state index contributed by atoms with van der Waals surface area (Å²) < 4.78 is 5.53. The van der Waals surface area contributed by atoms with Crippen LogP contribution in [0.15, 0.2) is 24.8 Å². The van der Waals surface area contributed by atoms with Gasteiger partial charge in [0.25, 0.3) is 0 Å². The number of ether oxygens (including phenoxy) is 1. The maximum absolute atomic E-state index is 12.9. The Kier molecular flexibility index (Phi) is 6.13. The highest BCUT2D eigenvalue weighted by molar-refractivity contribution is 6.42. The lowest BCUT2D eigenvalue weighted by molar-refractivity contribution is 0.0720. The summed E-state index contributed by atoms with van der Waals surface area (Å²) in [5, 5.41) is 9.72. The Balaban J connectivity index is 2.24. The minimum atomic E-state index is -0.960. The summed E-state index contributed by atoms with van der Waals surface area (Å²) in [6, 6.07) is 2.82. The number of carbonyl (C=O) groups excluding carboxylic acids is 1. The number of ketones is 1. The van der Waals surface area contributed by atoms with Gasteiger partial charge in [0.2, 0.25) is 0 Å². The Morgan fingerprint density at radius 2 is 2.08 bits per heavy atom. The van der Waals surface area contributed by atoms with Crippen molar-refractivity contribution in [2.75, 3.05) is 13.2 Å². The third-order valence-electron chi connectivity index (χ3n) is 4.14. The predicted molar refractivity (Wildman–Crippen MR) is 93.4 cm³/mol. The van der Waals surface area contributed by atoms with Crippen LogP contribution in [0.1, 0.15) is 30.1 Å². The van der Waals surface area contributed by atoms with Crippen LogP contribution in [-0.4, -0.2) is 41.1 Å². The number of amides is 1. The molecule has 0 radical (unpaired) electrons. The van der Waals surface area contributed by atoms with E-state index >= 15 is 0 Å². The Morgan fingerprint density at radius 1 is 1.42 bits per heavy atom. The van der Waals surface area contributed by atoms with E-state index in [1.807, 2.05) is 0 Å². The van der Waals surface area contributed by atoms with Crippen molar-refractivity contribution in [1.82, 2.24) is 4.90 Å². The van der Waals surface area contributed by atoms with Crippen LogP contribution in [0.3, 0.4) is 0 Å². The molecule has 0 saturated carbocycles. The van der Waals surface area contributed by atoms with Crippen LogP contribution >= 0.6 is 23.2 Å². The van der Waals surface area contributed by atoms with E-state index in [2.05, 4.69) is 6.58 Å². The van der Waals surface area contributed by atoms with E-state index in [9.17, 15) is 9.59 Å². The molecule has 1 amide bonds. The highest BCUT2D eigenvalue weighted by Gasteiger charge is 2.33. The fourth-order valence-electron chi connectivity index (χ4n) is 2.90. The van der Waals surface area contributed by atoms with E-state index in [1.54, 1.807) is 13.0 Å². The highest BCUT2D eigenvalue weighted by atomic mass is 35.5. The molecule has 1 N–H and O–H groups in total. The average molecular weight is 372 g/mol. The normalized spacial score (nSPS) is 20.5. The van der Waals surface area contributed by atoms with Gasteiger partial charge >= 0.3 is 6.09 Å². The third-order valence-corrected chi connectivity index (χ3v) is 4.86. The molecule has 0 aliphatic carbocycles. The largest absolute Gasteiger partial charge is 0.489 e. The van der Waals surface area contributed by atoms with Gasteiger partial charge in [-0.25, -0.2) is 4.79 Å². The summed E-state index contributed by atoms with van der Waals surface area (Å²) in [5.41, 5.74) is 0.368. The number of Topliss-reactive ketones (excluding diaryl/α,β-unsaturated/α-hetero) is 1. The molecule has 2 atom stereocenters. The zero-order chi connectivity index (χ0) is 17.9. The van der Waals surface area contributed by atoms with Gasteiger partial charge < -0.3 is 14.7 Å². The molecule has 1 aliphatic heterocycles. The van der Waals surface area contributed by atoms with Crippen molar-refractivity contribution in [2.45, 2.75) is 25.8 Å². The van der Waals surface area contributed by atoms with Gasteiger partial charge in [0.15, 0.2) is 5.78 Å². The summed E-state index contributed by atoms with van der Waals surface area (Å²) in [7, 11) is 0. The van der Waals surface area contributed by atoms with Gasteiger partial charge in [-0.2, -0.15) is 0 Å². The molecule has 0 bridgehead atoms. The van der Waals surface area contributed by atoms with Gasteiger partial charge in [0.05, 0.1) is 15.6 Å². The molecule has 1 saturated heterocycles. The molecular formula is C17H19Cl2NO4. The molecule has 0 spiro atoms. The fourth-order valence-corrected chi connectivity index (χ4v) is 3.22. The Labute approximate surface area is 150 Å². The lowest BCUT2D eigenvalue weighted by atomic mass is 9.85. The van der Waals surface area contributed by atoms with Crippen molar-refractivity contribution >= 4 is 35.1 Å². The summed E-state index contributed by atoms with van der Waals surface area (Å²) >= 11 is 12.1. The van der Waals surface area contributed by atoms with Gasteiger partial charge in [-0.05, 0) is 25.8 Å². The van der Waals surface area contributed by atoms with E-state index in [-0.39, 0.29) is 29.4 Å². The maximum Gasteiger partial charge on any atom is 0.407 e. The average Bonchev–Trinajstić information content (AvgIpc) is 2.54. The number of hydrogen-bond acceptors (Lipinski definition) is 3. The zero-order valence-electron chi connectivity index (χ0n) is 13.3. The Bertz CT molecular complexity index is 662. The zero-order valence-corrected chi connectivity index (χ0v) is 14.8. The molecule has 2 rings (SSSR count). The summed E-state index contributed by atoms with van der Waals surface area (Å²) in [6.45, 7) is 5.96. The second kappa shape index (κ2) is 7.90. The number of hydrogen-bond donors (Lipinski definition) is 1. The molecule has 24 heavy (non-hydrogen) atoms. The van der Waals surface area contributed by atoms with Gasteiger partial charge in [-0.15, -0.1) is 0 Å². The molecule has 5 nitrogen and oxygen atoms in total. The first kappa shape index (κ1) is 18.6. The first-order chi connectivity index (χ1) is 11.3. The highest BCUT2D eigenvalue weighted by Crippen LogP contribution is 2.34. The van der Waals surface area contributed by atoms with Crippen LogP contribution in [0.25, 0.3) is 0 Å². The van der Waals surface area contributed by atoms with Crippen LogP contribution in [0, 0.1) is 5.92 Å². The topological polar surface area (TPSA) is 66.8 Å². The molecule has 1 aromatic carbocycles. The molecular weight excluding hydrogens is 353 g/mol. The SMILES string of the molecule is C=CCOc1cc(Cl)c(Cl)cc1C(=O)C1CCN(C(=O)O)C(C)C1. The number of piperidine rings is 1. The third kappa shape index (κ3) is 4.02. The molecule has 2 unspecified atom stereocenters. The van der Waals surface area contributed by atoms with Crippen molar-refractivity contribution in [3.8, 4) is 5.75 Å². The summed E-state index contributed by atoms with van der Waals surface area (Å²) in [4.78, 5) is 25.4. The van der Waals surface area contributed by atoms with Gasteiger partial charge in [-0.3, -0.25) is 4.79 Å². The second-order valence-electron chi connectivity index (χ2n) is 5.77. The summed E-state index contributed by atoms with van der Waals surface area (Å²) in [5.74, 6) is -0.0222. The number of carbonyl (C=O) groups is 2. The quantitative estimate of drug-likeness (QED) is 0.610. The van der Waals surface area contributed by atoms with Crippen LogP contribution in [0.4, 0.5) is 4.79 Å². The molecule has 130 valence electrons. The lowest BCUT2D eigenvalue weighted by Gasteiger charge is -2.35. The van der Waals surface area contributed by atoms with E-state index in [1.165, 1.54) is 17.0 Å². The van der Waals surface area contributed by atoms with E-state index in [4.69, 9.17) is 33.0 Å². The fraction of sp³-hybridized carbons (Fsp3) is 0.412. The smallest absolute Gasteiger partial charge is 0.407 e. The molecule has 1 heterocycles. The lowest BCUT2D eigenvalue weighted by Crippen LogP contribution is -2.45. The standard InChI is InChI=1S/C17H19Cl2NO4/c1-3-6-24-15-9-14(19)13(18)8-12(15)16(21)11-4-5-20(17(22)23)10(2)7-11/h3,8-11H,1,4-7H2,2H3,(H,22,23). The van der Waals surface area contributed by atoms with E-state index in [0.29, 0.717) is 35.7 Å². The van der Waals surface area contributed by atoms with Gasteiger partial charge in [0.1, 0.15) is 12.4 Å². The summed E-state index contributed by atoms with van der Waals surface area (Å²) in [6.07, 6.45) is 1.55. The van der Waals surface area contributed by atoms with Crippen molar-refractivity contribution in [3.63, 3.8) is 0 Å². The monoisotopic (exact) mass is 371 g/mol. The Hall–Kier alpha value is -1.72. The van der Waals surface area contributed by atoms with Crippen molar-refractivity contribution in [3.05, 3.63) is 40.4 Å². The first-order valence-corrected chi connectivity index (χ1v) is 8.37. The number of rotatable bonds is 5. The van der Waals surface area contributed by atoms with Gasteiger partial charge in [0, 0.05) is 24.6 Å². The van der Waals surface area contributed by atoms with Crippen LogP contribution in [0.5, 0.6) is 5.75 Å². The molecule has 0 aromatic heterocycles. The van der Waals surface area contributed by atoms with Crippen molar-refractivity contribution in [2.24, 2.45) is 5.92 Å². The van der Waals surface area contributed by atoms with Crippen molar-refractivity contribution in [1.29, 1.82) is 0 Å². The number of halogens is 2. The second-order valence-corrected chi connectivity index (χ2v) is 6.59. The maximum atomic E-state index is 12.9. The molecule has 1 aliphatic rings. The number of carboxylic acid groups (broad SMARTS) is 1. The number of likely N-dealkylation sites (tertiary alicyclic amines) is 1. The number of benzene rings is 1. The molecule has 1 aromatic rings. The van der Waals surface area contributed by atoms with E-state index in [0.717, 1.165) is 0 Å². The minimum Gasteiger partial charge on any atom is -0.489 e. The number of nitrogens with zero attached hydrogens (tertiary/aromatic N) is 1. The molecule has 7 heteroatoms. The van der Waals surface area contributed by atoms with E-state index < -0.39 is 6.09 Å². The molecule has 1 fully saturated rings. The van der Waals surface area contributed by atoms with Gasteiger partial charge in [-0.1, -0.05) is 35.9 Å². The predicted octanol–water partition coefficient (Wildman–Crippen LogP) is 4.52. The van der Waals surface area contributed by atoms with Crippen LogP contribution in [-0.2, 0) is 0 Å². The van der Waals surface area contributed by atoms with Crippen molar-refractivity contribution < 1.29 is 19.4 Å². The minimum absolute atomic E-state index is 0.107. The van der Waals surface area contributed by atoms with Crippen LogP contribution < -0.4 is 4.74 Å². The van der Waals surface area contributed by atoms with Crippen LogP contribution in [0.2, 0.25) is 10.0 Å².